The van der Waals surface area contributed by atoms with Crippen molar-refractivity contribution in [1.82, 2.24) is 4.90 Å². The fourth-order valence-corrected chi connectivity index (χ4v) is 2.13. The number of β-amino-alcohol motifs (C(OH)–C–C–N with tert-alkyl or cyclic N) is 1. The first kappa shape index (κ1) is 12.9. The SMILES string of the molecule is N#Cc1ccc(OCC(O)CN2CCCC2)cc1. The number of nitriles is 1. The summed E-state index contributed by atoms with van der Waals surface area (Å²) in [6, 6.07) is 8.98. The highest BCUT2D eigenvalue weighted by atomic mass is 16.5. The summed E-state index contributed by atoms with van der Waals surface area (Å²) in [6.45, 7) is 3.13. The molecule has 1 saturated heterocycles. The van der Waals surface area contributed by atoms with E-state index < -0.39 is 6.10 Å². The average molecular weight is 246 g/mol. The highest BCUT2D eigenvalue weighted by molar-refractivity contribution is 5.34. The van der Waals surface area contributed by atoms with Crippen LogP contribution in [0.2, 0.25) is 0 Å². The number of hydrogen-bond donors (Lipinski definition) is 1. The van der Waals surface area contributed by atoms with Gasteiger partial charge in [0.25, 0.3) is 0 Å². The maximum atomic E-state index is 9.85. The Kier molecular flexibility index (Phi) is 4.57. The molecule has 18 heavy (non-hydrogen) atoms. The van der Waals surface area contributed by atoms with Crippen molar-refractivity contribution in [1.29, 1.82) is 5.26 Å². The smallest absolute Gasteiger partial charge is 0.119 e. The van der Waals surface area contributed by atoms with Crippen molar-refractivity contribution in [3.63, 3.8) is 0 Å². The molecule has 0 aliphatic carbocycles. The Labute approximate surface area is 107 Å². The molecule has 0 bridgehead atoms. The molecule has 2 rings (SSSR count). The first-order valence-electron chi connectivity index (χ1n) is 6.31. The van der Waals surface area contributed by atoms with Crippen LogP contribution in [0.5, 0.6) is 5.75 Å². The lowest BCUT2D eigenvalue weighted by Gasteiger charge is -2.19. The van der Waals surface area contributed by atoms with Crippen molar-refractivity contribution in [2.24, 2.45) is 0 Å². The van der Waals surface area contributed by atoms with Gasteiger partial charge in [-0.3, -0.25) is 0 Å². The van der Waals surface area contributed by atoms with Crippen molar-refractivity contribution < 1.29 is 9.84 Å². The van der Waals surface area contributed by atoms with E-state index in [0.29, 0.717) is 24.5 Å². The van der Waals surface area contributed by atoms with Gasteiger partial charge in [0.15, 0.2) is 0 Å². The van der Waals surface area contributed by atoms with E-state index >= 15 is 0 Å². The lowest BCUT2D eigenvalue weighted by atomic mass is 10.2. The number of likely N-dealkylation sites (tertiary alicyclic amines) is 1. The summed E-state index contributed by atoms with van der Waals surface area (Å²) in [5, 5.41) is 18.5. The zero-order valence-electron chi connectivity index (χ0n) is 10.4. The van der Waals surface area contributed by atoms with E-state index in [-0.39, 0.29) is 0 Å². The predicted molar refractivity (Wildman–Crippen MR) is 68.3 cm³/mol. The van der Waals surface area contributed by atoms with Crippen molar-refractivity contribution in [2.75, 3.05) is 26.2 Å². The van der Waals surface area contributed by atoms with Crippen LogP contribution in [0.3, 0.4) is 0 Å². The summed E-state index contributed by atoms with van der Waals surface area (Å²) >= 11 is 0. The summed E-state index contributed by atoms with van der Waals surface area (Å²) in [5.74, 6) is 0.689. The van der Waals surface area contributed by atoms with E-state index in [0.717, 1.165) is 13.1 Å². The third-order valence-electron chi connectivity index (χ3n) is 3.09. The minimum atomic E-state index is -0.459. The van der Waals surface area contributed by atoms with E-state index in [1.54, 1.807) is 24.3 Å². The van der Waals surface area contributed by atoms with Gasteiger partial charge in [0.05, 0.1) is 11.6 Å². The molecule has 0 saturated carbocycles. The fraction of sp³-hybridized carbons (Fsp3) is 0.500. The Balaban J connectivity index is 1.74. The average Bonchev–Trinajstić information content (AvgIpc) is 2.90. The second kappa shape index (κ2) is 6.39. The van der Waals surface area contributed by atoms with E-state index in [2.05, 4.69) is 11.0 Å². The fourth-order valence-electron chi connectivity index (χ4n) is 2.13. The third kappa shape index (κ3) is 3.73. The number of hydrogen-bond acceptors (Lipinski definition) is 4. The third-order valence-corrected chi connectivity index (χ3v) is 3.09. The normalized spacial score (nSPS) is 17.3. The van der Waals surface area contributed by atoms with Crippen LogP contribution in [0.25, 0.3) is 0 Å². The molecule has 0 amide bonds. The highest BCUT2D eigenvalue weighted by Gasteiger charge is 2.15. The second-order valence-corrected chi connectivity index (χ2v) is 4.61. The van der Waals surface area contributed by atoms with Gasteiger partial charge in [0, 0.05) is 6.54 Å². The van der Waals surface area contributed by atoms with Gasteiger partial charge in [-0.15, -0.1) is 0 Å². The maximum Gasteiger partial charge on any atom is 0.119 e. The van der Waals surface area contributed by atoms with Crippen LogP contribution >= 0.6 is 0 Å². The molecule has 4 nitrogen and oxygen atoms in total. The van der Waals surface area contributed by atoms with Crippen LogP contribution in [0.1, 0.15) is 18.4 Å². The van der Waals surface area contributed by atoms with E-state index in [9.17, 15) is 5.11 Å². The van der Waals surface area contributed by atoms with Gasteiger partial charge >= 0.3 is 0 Å². The van der Waals surface area contributed by atoms with Crippen molar-refractivity contribution in [3.8, 4) is 11.8 Å². The molecule has 0 radical (unpaired) electrons. The lowest BCUT2D eigenvalue weighted by Crippen LogP contribution is -2.33. The van der Waals surface area contributed by atoms with Gasteiger partial charge in [-0.1, -0.05) is 0 Å². The molecule has 96 valence electrons. The summed E-state index contributed by atoms with van der Waals surface area (Å²) in [7, 11) is 0. The van der Waals surface area contributed by atoms with Crippen LogP contribution < -0.4 is 4.74 Å². The van der Waals surface area contributed by atoms with Crippen molar-refractivity contribution in [3.05, 3.63) is 29.8 Å². The number of nitrogens with zero attached hydrogens (tertiary/aromatic N) is 2. The summed E-state index contributed by atoms with van der Waals surface area (Å²) in [6.07, 6.45) is 1.99. The Morgan fingerprint density at radius 1 is 1.28 bits per heavy atom. The van der Waals surface area contributed by atoms with E-state index in [4.69, 9.17) is 10.00 Å². The van der Waals surface area contributed by atoms with E-state index in [1.165, 1.54) is 12.8 Å². The molecule has 1 unspecified atom stereocenters. The second-order valence-electron chi connectivity index (χ2n) is 4.61. The summed E-state index contributed by atoms with van der Waals surface area (Å²) in [5.41, 5.74) is 0.611. The molecule has 0 aromatic heterocycles. The first-order chi connectivity index (χ1) is 8.78. The van der Waals surface area contributed by atoms with Gasteiger partial charge in [-0.25, -0.2) is 0 Å². The van der Waals surface area contributed by atoms with Gasteiger partial charge < -0.3 is 14.7 Å². The number of benzene rings is 1. The lowest BCUT2D eigenvalue weighted by molar-refractivity contribution is 0.0758. The van der Waals surface area contributed by atoms with Gasteiger partial charge in [-0.2, -0.15) is 5.26 Å². The first-order valence-corrected chi connectivity index (χ1v) is 6.31. The quantitative estimate of drug-likeness (QED) is 0.853. The summed E-state index contributed by atoms with van der Waals surface area (Å²) < 4.78 is 5.49. The minimum absolute atomic E-state index is 0.294. The molecule has 1 heterocycles. The molecule has 1 aliphatic heterocycles. The Bertz CT molecular complexity index is 405. The minimum Gasteiger partial charge on any atom is -0.491 e. The molecule has 0 spiro atoms. The highest BCUT2D eigenvalue weighted by Crippen LogP contribution is 2.12. The number of aliphatic hydroxyl groups excluding tert-OH is 1. The molecule has 1 N–H and O–H groups in total. The van der Waals surface area contributed by atoms with Crippen LogP contribution in [0, 0.1) is 11.3 Å². The van der Waals surface area contributed by atoms with Gasteiger partial charge in [0.2, 0.25) is 0 Å². The number of rotatable bonds is 5. The largest absolute Gasteiger partial charge is 0.491 e. The zero-order valence-corrected chi connectivity index (χ0v) is 10.4. The van der Waals surface area contributed by atoms with Crippen LogP contribution in [-0.4, -0.2) is 42.4 Å². The number of aliphatic hydroxyl groups is 1. The summed E-state index contributed by atoms with van der Waals surface area (Å²) in [4.78, 5) is 2.26. The van der Waals surface area contributed by atoms with Crippen LogP contribution in [0.4, 0.5) is 0 Å². The standard InChI is InChI=1S/C14H18N2O2/c15-9-12-3-5-14(6-4-12)18-11-13(17)10-16-7-1-2-8-16/h3-6,13,17H,1-2,7-8,10-11H2. The van der Waals surface area contributed by atoms with Crippen LogP contribution in [-0.2, 0) is 0 Å². The van der Waals surface area contributed by atoms with Crippen molar-refractivity contribution >= 4 is 0 Å². The molecular formula is C14H18N2O2. The topological polar surface area (TPSA) is 56.5 Å². The van der Waals surface area contributed by atoms with Crippen molar-refractivity contribution in [2.45, 2.75) is 18.9 Å². The Hall–Kier alpha value is -1.57. The predicted octanol–water partition coefficient (Wildman–Crippen LogP) is 1.39. The molecule has 1 atom stereocenters. The monoisotopic (exact) mass is 246 g/mol. The maximum absolute atomic E-state index is 9.85. The molecule has 1 aromatic carbocycles. The zero-order chi connectivity index (χ0) is 12.8. The van der Waals surface area contributed by atoms with Crippen LogP contribution in [0.15, 0.2) is 24.3 Å². The Morgan fingerprint density at radius 3 is 2.56 bits per heavy atom. The number of ether oxygens (including phenoxy) is 1. The molecular weight excluding hydrogens is 228 g/mol. The Morgan fingerprint density at radius 2 is 1.94 bits per heavy atom. The van der Waals surface area contributed by atoms with Gasteiger partial charge in [0.1, 0.15) is 18.5 Å². The van der Waals surface area contributed by atoms with E-state index in [1.807, 2.05) is 0 Å². The van der Waals surface area contributed by atoms with Gasteiger partial charge in [-0.05, 0) is 50.2 Å². The molecule has 1 fully saturated rings. The molecule has 1 aromatic rings. The molecule has 1 aliphatic rings. The molecule has 4 heteroatoms.